The third-order valence-corrected chi connectivity index (χ3v) is 8.99. The molecule has 0 aromatic heterocycles. The molecule has 0 amide bonds. The number of esters is 1. The minimum atomic E-state index is -1.94. The molecule has 0 radical (unpaired) electrons. The van der Waals surface area contributed by atoms with Crippen LogP contribution in [-0.2, 0) is 14.0 Å². The van der Waals surface area contributed by atoms with Crippen molar-refractivity contribution in [2.45, 2.75) is 51.1 Å². The minimum Gasteiger partial charge on any atom is -0.452 e. The molecule has 3 nitrogen and oxygen atoms in total. The fraction of sp³-hybridized carbons (Fsp3) is 0.421. The van der Waals surface area contributed by atoms with Crippen molar-refractivity contribution in [1.82, 2.24) is 0 Å². The Balaban J connectivity index is 2.17. The Morgan fingerprint density at radius 3 is 2.43 bits per heavy atom. The molecule has 0 aliphatic carbocycles. The van der Waals surface area contributed by atoms with E-state index in [1.54, 1.807) is 0 Å². The van der Waals surface area contributed by atoms with Crippen LogP contribution in [0.3, 0.4) is 0 Å². The topological polar surface area (TPSA) is 35.5 Å². The highest BCUT2D eigenvalue weighted by molar-refractivity contribution is 6.74. The van der Waals surface area contributed by atoms with Gasteiger partial charge in [0, 0.05) is 6.08 Å². The molecule has 0 N–H and O–H groups in total. The lowest BCUT2D eigenvalue weighted by Crippen LogP contribution is -2.47. The third kappa shape index (κ3) is 4.66. The van der Waals surface area contributed by atoms with Gasteiger partial charge in [-0.3, -0.25) is 0 Å². The number of hydrogen-bond acceptors (Lipinski definition) is 3. The van der Waals surface area contributed by atoms with Gasteiger partial charge in [0.05, 0.1) is 0 Å². The van der Waals surface area contributed by atoms with Gasteiger partial charge in [-0.25, -0.2) is 4.79 Å². The maximum atomic E-state index is 11.6. The summed E-state index contributed by atoms with van der Waals surface area (Å²) in [5, 5.41) is 0.107. The second-order valence-corrected chi connectivity index (χ2v) is 12.1. The van der Waals surface area contributed by atoms with Crippen molar-refractivity contribution >= 4 is 20.4 Å². The molecule has 1 aromatic rings. The lowest BCUT2D eigenvalue weighted by Gasteiger charge is -2.40. The number of cyclic esters (lactones) is 1. The summed E-state index contributed by atoms with van der Waals surface area (Å²) >= 11 is 0. The molecule has 23 heavy (non-hydrogen) atoms. The van der Waals surface area contributed by atoms with Gasteiger partial charge >= 0.3 is 5.97 Å². The Labute approximate surface area is 140 Å². The van der Waals surface area contributed by atoms with Gasteiger partial charge in [-0.1, -0.05) is 57.2 Å². The fourth-order valence-electron chi connectivity index (χ4n) is 2.07. The summed E-state index contributed by atoms with van der Waals surface area (Å²) in [6.45, 7) is 11.0. The lowest BCUT2D eigenvalue weighted by atomic mass is 10.1. The Hall–Kier alpha value is -1.65. The maximum Gasteiger partial charge on any atom is 0.331 e. The van der Waals surface area contributed by atoms with Crippen LogP contribution in [0.4, 0.5) is 0 Å². The van der Waals surface area contributed by atoms with Crippen LogP contribution in [0, 0.1) is 0 Å². The van der Waals surface area contributed by atoms with E-state index in [0.717, 1.165) is 5.56 Å². The zero-order chi connectivity index (χ0) is 17.1. The number of hydrogen-bond donors (Lipinski definition) is 0. The highest BCUT2D eigenvalue weighted by Crippen LogP contribution is 2.38. The zero-order valence-corrected chi connectivity index (χ0v) is 15.6. The highest BCUT2D eigenvalue weighted by atomic mass is 28.4. The van der Waals surface area contributed by atoms with Gasteiger partial charge in [0.25, 0.3) is 0 Å². The molecule has 4 heteroatoms. The molecule has 2 atom stereocenters. The Morgan fingerprint density at radius 2 is 1.83 bits per heavy atom. The largest absolute Gasteiger partial charge is 0.452 e. The summed E-state index contributed by atoms with van der Waals surface area (Å²) in [7, 11) is -1.94. The van der Waals surface area contributed by atoms with Crippen molar-refractivity contribution in [3.05, 3.63) is 54.1 Å². The van der Waals surface area contributed by atoms with E-state index in [1.807, 2.05) is 48.6 Å². The normalized spacial score (nSPS) is 22.4. The van der Waals surface area contributed by atoms with Gasteiger partial charge in [-0.2, -0.15) is 0 Å². The number of rotatable bonds is 4. The van der Waals surface area contributed by atoms with Crippen molar-refractivity contribution in [1.29, 1.82) is 0 Å². The van der Waals surface area contributed by atoms with E-state index in [1.165, 1.54) is 6.08 Å². The summed E-state index contributed by atoms with van der Waals surface area (Å²) in [5.41, 5.74) is 1.07. The summed E-state index contributed by atoms with van der Waals surface area (Å²) in [6, 6.07) is 9.97. The Kier molecular flexibility index (Phi) is 5.27. The van der Waals surface area contributed by atoms with Crippen molar-refractivity contribution < 1.29 is 14.0 Å². The number of ether oxygens (including phenoxy) is 1. The van der Waals surface area contributed by atoms with Gasteiger partial charge in [0.1, 0.15) is 12.2 Å². The first-order valence-electron chi connectivity index (χ1n) is 7.99. The average molecular weight is 331 g/mol. The molecule has 0 bridgehead atoms. The summed E-state index contributed by atoms with van der Waals surface area (Å²) in [6.07, 6.45) is 6.56. The summed E-state index contributed by atoms with van der Waals surface area (Å²) < 4.78 is 11.9. The van der Waals surface area contributed by atoms with Crippen LogP contribution in [0.1, 0.15) is 26.3 Å². The van der Waals surface area contributed by atoms with Crippen molar-refractivity contribution in [3.8, 4) is 0 Å². The smallest absolute Gasteiger partial charge is 0.331 e. The van der Waals surface area contributed by atoms with Crippen LogP contribution >= 0.6 is 0 Å². The van der Waals surface area contributed by atoms with E-state index < -0.39 is 8.32 Å². The van der Waals surface area contributed by atoms with Crippen LogP contribution < -0.4 is 0 Å². The second kappa shape index (κ2) is 6.85. The van der Waals surface area contributed by atoms with Crippen molar-refractivity contribution in [2.24, 2.45) is 0 Å². The van der Waals surface area contributed by atoms with Crippen LogP contribution in [-0.4, -0.2) is 26.5 Å². The molecule has 124 valence electrons. The number of benzene rings is 1. The number of carbonyl (C=O) groups is 1. The van der Waals surface area contributed by atoms with Crippen molar-refractivity contribution in [3.63, 3.8) is 0 Å². The van der Waals surface area contributed by atoms with E-state index in [0.29, 0.717) is 0 Å². The zero-order valence-electron chi connectivity index (χ0n) is 14.6. The van der Waals surface area contributed by atoms with Crippen LogP contribution in [0.2, 0.25) is 18.1 Å². The van der Waals surface area contributed by atoms with Gasteiger partial charge < -0.3 is 9.16 Å². The lowest BCUT2D eigenvalue weighted by molar-refractivity contribution is -0.145. The standard InChI is InChI=1S/C19H26O3Si/c1-19(2,3)23(4,5)22-17-13-14-18(20)21-16(17)12-11-15-9-7-6-8-10-15/h6-14,16-17H,1-5H3/b12-11-/t16-,17-/m0/s1. The fourth-order valence-corrected chi connectivity index (χ4v) is 3.31. The monoisotopic (exact) mass is 330 g/mol. The third-order valence-electron chi connectivity index (χ3n) is 4.51. The molecular formula is C19H26O3Si. The van der Waals surface area contributed by atoms with Crippen LogP contribution in [0.15, 0.2) is 48.6 Å². The van der Waals surface area contributed by atoms with Crippen molar-refractivity contribution in [2.75, 3.05) is 0 Å². The summed E-state index contributed by atoms with van der Waals surface area (Å²) in [4.78, 5) is 11.6. The predicted octanol–water partition coefficient (Wildman–Crippen LogP) is 4.57. The molecule has 1 aromatic carbocycles. The highest BCUT2D eigenvalue weighted by Gasteiger charge is 2.41. The molecule has 1 aliphatic rings. The van der Waals surface area contributed by atoms with E-state index in [2.05, 4.69) is 33.9 Å². The molecular weight excluding hydrogens is 304 g/mol. The van der Waals surface area contributed by atoms with Gasteiger partial charge in [0.15, 0.2) is 8.32 Å². The minimum absolute atomic E-state index is 0.107. The van der Waals surface area contributed by atoms with E-state index in [9.17, 15) is 4.79 Å². The van der Waals surface area contributed by atoms with Crippen LogP contribution in [0.5, 0.6) is 0 Å². The van der Waals surface area contributed by atoms with Crippen LogP contribution in [0.25, 0.3) is 6.08 Å². The molecule has 1 heterocycles. The first-order valence-corrected chi connectivity index (χ1v) is 10.9. The molecule has 0 spiro atoms. The Bertz CT molecular complexity index is 597. The van der Waals surface area contributed by atoms with E-state index in [-0.39, 0.29) is 23.2 Å². The quantitative estimate of drug-likeness (QED) is 0.599. The van der Waals surface area contributed by atoms with Gasteiger partial charge in [-0.05, 0) is 35.8 Å². The molecule has 0 saturated carbocycles. The first kappa shape index (κ1) is 17.7. The Morgan fingerprint density at radius 1 is 1.17 bits per heavy atom. The molecule has 1 aliphatic heterocycles. The van der Waals surface area contributed by atoms with E-state index in [4.69, 9.17) is 9.16 Å². The molecule has 0 saturated heterocycles. The van der Waals surface area contributed by atoms with E-state index >= 15 is 0 Å². The SMILES string of the molecule is CC(C)(C)[Si](C)(C)O[C@H]1C=CC(=O)O[C@H]1/C=C\c1ccccc1. The molecule has 2 rings (SSSR count). The summed E-state index contributed by atoms with van der Waals surface area (Å²) in [5.74, 6) is -0.317. The van der Waals surface area contributed by atoms with Gasteiger partial charge in [-0.15, -0.1) is 0 Å². The first-order chi connectivity index (χ1) is 10.7. The van der Waals surface area contributed by atoms with Gasteiger partial charge in [0.2, 0.25) is 0 Å². The maximum absolute atomic E-state index is 11.6. The molecule has 0 fully saturated rings. The number of carbonyl (C=O) groups excluding carboxylic acids is 1. The second-order valence-electron chi connectivity index (χ2n) is 7.37. The average Bonchev–Trinajstić information content (AvgIpc) is 2.47. The molecule has 0 unspecified atom stereocenters. The predicted molar refractivity (Wildman–Crippen MR) is 96.6 cm³/mol.